The van der Waals surface area contributed by atoms with Gasteiger partial charge in [-0.15, -0.1) is 0 Å². The number of alkyl halides is 1. The highest BCUT2D eigenvalue weighted by Gasteiger charge is 2.16. The van der Waals surface area contributed by atoms with Crippen molar-refractivity contribution in [3.63, 3.8) is 0 Å². The molecule has 0 fully saturated rings. The quantitative estimate of drug-likeness (QED) is 0.767. The molecule has 1 amide bonds. The van der Waals surface area contributed by atoms with Gasteiger partial charge in [-0.25, -0.2) is 4.79 Å². The summed E-state index contributed by atoms with van der Waals surface area (Å²) in [5.41, 5.74) is -0.444. The van der Waals surface area contributed by atoms with E-state index < -0.39 is 5.60 Å². The van der Waals surface area contributed by atoms with Crippen LogP contribution in [0.1, 0.15) is 33.6 Å². The standard InChI is InChI=1S/C11H22BrNO3/c1-11(2,3)16-10(14)13-8-6-9(15-4)5-7-12/h9H,5-8H2,1-4H3,(H,13,14). The number of hydrogen-bond donors (Lipinski definition) is 1. The van der Waals surface area contributed by atoms with Crippen molar-refractivity contribution in [1.29, 1.82) is 0 Å². The summed E-state index contributed by atoms with van der Waals surface area (Å²) in [6, 6.07) is 0. The number of ether oxygens (including phenoxy) is 2. The predicted octanol–water partition coefficient (Wildman–Crippen LogP) is 2.70. The molecule has 0 saturated heterocycles. The summed E-state index contributed by atoms with van der Waals surface area (Å²) in [7, 11) is 1.68. The monoisotopic (exact) mass is 295 g/mol. The molecule has 5 heteroatoms. The molecule has 1 N–H and O–H groups in total. The zero-order valence-electron chi connectivity index (χ0n) is 10.5. The van der Waals surface area contributed by atoms with E-state index in [1.165, 1.54) is 0 Å². The minimum atomic E-state index is -0.444. The summed E-state index contributed by atoms with van der Waals surface area (Å²) < 4.78 is 10.4. The highest BCUT2D eigenvalue weighted by Crippen LogP contribution is 2.07. The Bertz CT molecular complexity index is 204. The molecule has 0 aromatic carbocycles. The first kappa shape index (κ1) is 15.7. The fourth-order valence-corrected chi connectivity index (χ4v) is 1.66. The van der Waals surface area contributed by atoms with Gasteiger partial charge >= 0.3 is 6.09 Å². The van der Waals surface area contributed by atoms with Crippen LogP contribution in [0, 0.1) is 0 Å². The Kier molecular flexibility index (Phi) is 7.76. The zero-order valence-corrected chi connectivity index (χ0v) is 12.1. The number of methoxy groups -OCH3 is 1. The number of amides is 1. The average molecular weight is 296 g/mol. The first-order valence-electron chi connectivity index (χ1n) is 5.44. The number of halogens is 1. The number of carbonyl (C=O) groups excluding carboxylic acids is 1. The molecular weight excluding hydrogens is 274 g/mol. The lowest BCUT2D eigenvalue weighted by molar-refractivity contribution is 0.0504. The van der Waals surface area contributed by atoms with Gasteiger partial charge in [-0.1, -0.05) is 15.9 Å². The number of carbonyl (C=O) groups is 1. The van der Waals surface area contributed by atoms with Crippen LogP contribution in [0.4, 0.5) is 4.79 Å². The van der Waals surface area contributed by atoms with E-state index in [2.05, 4.69) is 21.2 Å². The highest BCUT2D eigenvalue weighted by atomic mass is 79.9. The second-order valence-electron chi connectivity index (χ2n) is 4.55. The number of nitrogens with one attached hydrogen (secondary N) is 1. The van der Waals surface area contributed by atoms with E-state index in [0.717, 1.165) is 18.2 Å². The molecule has 0 aliphatic heterocycles. The number of rotatable bonds is 6. The molecule has 1 unspecified atom stereocenters. The van der Waals surface area contributed by atoms with Gasteiger partial charge in [0.2, 0.25) is 0 Å². The minimum Gasteiger partial charge on any atom is -0.444 e. The van der Waals surface area contributed by atoms with Gasteiger partial charge < -0.3 is 14.8 Å². The molecular formula is C11H22BrNO3. The lowest BCUT2D eigenvalue weighted by Gasteiger charge is -2.20. The summed E-state index contributed by atoms with van der Waals surface area (Å²) >= 11 is 3.36. The molecule has 0 saturated carbocycles. The SMILES string of the molecule is COC(CCBr)CCNC(=O)OC(C)(C)C. The molecule has 96 valence electrons. The molecule has 4 nitrogen and oxygen atoms in total. The van der Waals surface area contributed by atoms with Crippen LogP contribution in [0.3, 0.4) is 0 Å². The van der Waals surface area contributed by atoms with Crippen molar-refractivity contribution in [3.05, 3.63) is 0 Å². The Morgan fingerprint density at radius 2 is 2.00 bits per heavy atom. The van der Waals surface area contributed by atoms with Crippen LogP contribution in [0.15, 0.2) is 0 Å². The first-order chi connectivity index (χ1) is 7.39. The number of alkyl carbamates (subject to hydrolysis) is 1. The first-order valence-corrected chi connectivity index (χ1v) is 6.57. The van der Waals surface area contributed by atoms with Crippen LogP contribution < -0.4 is 5.32 Å². The second kappa shape index (κ2) is 7.90. The molecule has 0 aliphatic carbocycles. The van der Waals surface area contributed by atoms with Crippen LogP contribution in [0.5, 0.6) is 0 Å². The molecule has 0 heterocycles. The summed E-state index contributed by atoms with van der Waals surface area (Å²) in [5.74, 6) is 0. The largest absolute Gasteiger partial charge is 0.444 e. The van der Waals surface area contributed by atoms with Crippen molar-refractivity contribution >= 4 is 22.0 Å². The van der Waals surface area contributed by atoms with Crippen molar-refractivity contribution in [2.75, 3.05) is 19.0 Å². The van der Waals surface area contributed by atoms with Gasteiger partial charge in [-0.2, -0.15) is 0 Å². The van der Waals surface area contributed by atoms with E-state index in [0.29, 0.717) is 6.54 Å². The lowest BCUT2D eigenvalue weighted by Crippen LogP contribution is -2.34. The maximum absolute atomic E-state index is 11.3. The van der Waals surface area contributed by atoms with Gasteiger partial charge in [-0.05, 0) is 33.6 Å². The smallest absolute Gasteiger partial charge is 0.407 e. The van der Waals surface area contributed by atoms with Gasteiger partial charge in [0.25, 0.3) is 0 Å². The summed E-state index contributed by atoms with van der Waals surface area (Å²) in [6.45, 7) is 6.10. The molecule has 0 aliphatic rings. The Morgan fingerprint density at radius 1 is 1.38 bits per heavy atom. The van der Waals surface area contributed by atoms with Crippen molar-refractivity contribution in [1.82, 2.24) is 5.32 Å². The fourth-order valence-electron chi connectivity index (χ4n) is 1.15. The maximum Gasteiger partial charge on any atom is 0.407 e. The van der Waals surface area contributed by atoms with Gasteiger partial charge in [-0.3, -0.25) is 0 Å². The van der Waals surface area contributed by atoms with Gasteiger partial charge in [0.1, 0.15) is 5.60 Å². The van der Waals surface area contributed by atoms with Crippen molar-refractivity contribution in [2.45, 2.75) is 45.3 Å². The fraction of sp³-hybridized carbons (Fsp3) is 0.909. The molecule has 1 atom stereocenters. The predicted molar refractivity (Wildman–Crippen MR) is 68.1 cm³/mol. The minimum absolute atomic E-state index is 0.175. The van der Waals surface area contributed by atoms with E-state index in [1.807, 2.05) is 20.8 Å². The van der Waals surface area contributed by atoms with Gasteiger partial charge in [0.15, 0.2) is 0 Å². The summed E-state index contributed by atoms with van der Waals surface area (Å²) in [4.78, 5) is 11.3. The molecule has 0 aromatic rings. The van der Waals surface area contributed by atoms with E-state index in [9.17, 15) is 4.79 Å². The third-order valence-corrected chi connectivity index (χ3v) is 2.36. The van der Waals surface area contributed by atoms with Gasteiger partial charge in [0, 0.05) is 19.0 Å². The van der Waals surface area contributed by atoms with Crippen molar-refractivity contribution in [2.24, 2.45) is 0 Å². The Hall–Kier alpha value is -0.290. The molecule has 0 spiro atoms. The van der Waals surface area contributed by atoms with Crippen molar-refractivity contribution < 1.29 is 14.3 Å². The molecule has 16 heavy (non-hydrogen) atoms. The van der Waals surface area contributed by atoms with E-state index in [1.54, 1.807) is 7.11 Å². The third-order valence-electron chi connectivity index (χ3n) is 1.90. The second-order valence-corrected chi connectivity index (χ2v) is 5.35. The zero-order chi connectivity index (χ0) is 12.6. The van der Waals surface area contributed by atoms with Gasteiger partial charge in [0.05, 0.1) is 6.10 Å². The third kappa shape index (κ3) is 8.97. The normalized spacial score (nSPS) is 13.3. The Labute approximate surface area is 106 Å². The van der Waals surface area contributed by atoms with E-state index in [-0.39, 0.29) is 12.2 Å². The molecule has 0 bridgehead atoms. The van der Waals surface area contributed by atoms with Crippen LogP contribution in [0.25, 0.3) is 0 Å². The Morgan fingerprint density at radius 3 is 2.44 bits per heavy atom. The summed E-state index contributed by atoms with van der Waals surface area (Å²) in [6.07, 6.45) is 1.53. The molecule has 0 rings (SSSR count). The highest BCUT2D eigenvalue weighted by molar-refractivity contribution is 9.09. The summed E-state index contributed by atoms with van der Waals surface area (Å²) in [5, 5.41) is 3.61. The molecule has 0 aromatic heterocycles. The van der Waals surface area contributed by atoms with E-state index in [4.69, 9.17) is 9.47 Å². The average Bonchev–Trinajstić information content (AvgIpc) is 2.13. The van der Waals surface area contributed by atoms with Crippen LogP contribution in [0.2, 0.25) is 0 Å². The van der Waals surface area contributed by atoms with Crippen LogP contribution in [-0.4, -0.2) is 36.8 Å². The topological polar surface area (TPSA) is 47.6 Å². The van der Waals surface area contributed by atoms with E-state index >= 15 is 0 Å². The Balaban J connectivity index is 3.68. The molecule has 0 radical (unpaired) electrons. The lowest BCUT2D eigenvalue weighted by atomic mass is 10.2. The maximum atomic E-state index is 11.3. The van der Waals surface area contributed by atoms with Crippen LogP contribution in [-0.2, 0) is 9.47 Å². The van der Waals surface area contributed by atoms with Crippen molar-refractivity contribution in [3.8, 4) is 0 Å². The number of hydrogen-bond acceptors (Lipinski definition) is 3. The van der Waals surface area contributed by atoms with Crippen LogP contribution >= 0.6 is 15.9 Å².